The van der Waals surface area contributed by atoms with Crippen LogP contribution < -0.4 is 5.32 Å². The van der Waals surface area contributed by atoms with E-state index in [2.05, 4.69) is 47.8 Å². The topological polar surface area (TPSA) is 46.9 Å². The third-order valence-electron chi connectivity index (χ3n) is 4.62. The quantitative estimate of drug-likeness (QED) is 0.649. The summed E-state index contributed by atoms with van der Waals surface area (Å²) in [5, 5.41) is 3.01. The molecule has 0 atom stereocenters. The molecule has 4 heteroatoms. The minimum atomic E-state index is -0.0237. The summed E-state index contributed by atoms with van der Waals surface area (Å²) in [6.07, 6.45) is 4.65. The molecular weight excluding hydrogens is 334 g/mol. The standard InChI is InChI=1S/C23H27N3O/c1-23(2,3)20-12-10-19(11-13-20)22(27)25-14-7-16-26-17-15-24-21(26)18-8-5-4-6-9-18/h4-6,8-13,15,17H,7,14,16H2,1-3H3,(H,25,27). The Morgan fingerprint density at radius 2 is 1.74 bits per heavy atom. The highest BCUT2D eigenvalue weighted by molar-refractivity contribution is 5.94. The number of hydrogen-bond acceptors (Lipinski definition) is 2. The number of hydrogen-bond donors (Lipinski definition) is 1. The second kappa shape index (κ2) is 8.21. The molecule has 0 saturated carbocycles. The Bertz CT molecular complexity index is 874. The van der Waals surface area contributed by atoms with E-state index in [0.29, 0.717) is 12.1 Å². The lowest BCUT2D eigenvalue weighted by Gasteiger charge is -2.19. The van der Waals surface area contributed by atoms with Crippen LogP contribution >= 0.6 is 0 Å². The summed E-state index contributed by atoms with van der Waals surface area (Å²) >= 11 is 0. The van der Waals surface area contributed by atoms with Gasteiger partial charge < -0.3 is 9.88 Å². The van der Waals surface area contributed by atoms with Gasteiger partial charge in [0.1, 0.15) is 5.82 Å². The van der Waals surface area contributed by atoms with Crippen LogP contribution in [0.3, 0.4) is 0 Å². The molecule has 0 aliphatic heterocycles. The molecule has 1 N–H and O–H groups in total. The van der Waals surface area contributed by atoms with E-state index in [1.807, 2.05) is 54.9 Å². The molecule has 0 aliphatic rings. The number of nitrogens with zero attached hydrogens (tertiary/aromatic N) is 2. The molecule has 1 amide bonds. The van der Waals surface area contributed by atoms with Crippen LogP contribution in [0.5, 0.6) is 0 Å². The molecule has 0 unspecified atom stereocenters. The average Bonchev–Trinajstić information content (AvgIpc) is 3.14. The largest absolute Gasteiger partial charge is 0.352 e. The molecule has 1 heterocycles. The van der Waals surface area contributed by atoms with Crippen molar-refractivity contribution in [1.82, 2.24) is 14.9 Å². The van der Waals surface area contributed by atoms with Crippen LogP contribution in [0, 0.1) is 0 Å². The number of aromatic nitrogens is 2. The zero-order valence-corrected chi connectivity index (χ0v) is 16.3. The molecule has 0 fully saturated rings. The minimum Gasteiger partial charge on any atom is -0.352 e. The monoisotopic (exact) mass is 361 g/mol. The maximum Gasteiger partial charge on any atom is 0.251 e. The second-order valence-corrected chi connectivity index (χ2v) is 7.75. The van der Waals surface area contributed by atoms with Crippen molar-refractivity contribution >= 4 is 5.91 Å². The third-order valence-corrected chi connectivity index (χ3v) is 4.62. The molecule has 2 aromatic carbocycles. The predicted molar refractivity (Wildman–Crippen MR) is 110 cm³/mol. The van der Waals surface area contributed by atoms with E-state index in [0.717, 1.165) is 24.4 Å². The van der Waals surface area contributed by atoms with E-state index < -0.39 is 0 Å². The van der Waals surface area contributed by atoms with Crippen molar-refractivity contribution in [2.75, 3.05) is 6.54 Å². The van der Waals surface area contributed by atoms with Gasteiger partial charge >= 0.3 is 0 Å². The van der Waals surface area contributed by atoms with Crippen LogP contribution in [-0.2, 0) is 12.0 Å². The SMILES string of the molecule is CC(C)(C)c1ccc(C(=O)NCCCn2ccnc2-c2ccccc2)cc1. The maximum atomic E-state index is 12.3. The summed E-state index contributed by atoms with van der Waals surface area (Å²) < 4.78 is 2.12. The first-order chi connectivity index (χ1) is 12.9. The van der Waals surface area contributed by atoms with Crippen molar-refractivity contribution in [2.45, 2.75) is 39.2 Å². The van der Waals surface area contributed by atoms with Gasteiger partial charge in [0.2, 0.25) is 0 Å². The average molecular weight is 361 g/mol. The zero-order valence-electron chi connectivity index (χ0n) is 16.3. The number of rotatable bonds is 6. The lowest BCUT2D eigenvalue weighted by molar-refractivity contribution is 0.0952. The highest BCUT2D eigenvalue weighted by Crippen LogP contribution is 2.22. The van der Waals surface area contributed by atoms with Gasteiger partial charge in [-0.15, -0.1) is 0 Å². The van der Waals surface area contributed by atoms with E-state index >= 15 is 0 Å². The Morgan fingerprint density at radius 1 is 1.04 bits per heavy atom. The number of imidazole rings is 1. The minimum absolute atomic E-state index is 0.0237. The molecule has 0 aliphatic carbocycles. The van der Waals surface area contributed by atoms with Crippen molar-refractivity contribution in [3.05, 3.63) is 78.1 Å². The van der Waals surface area contributed by atoms with Crippen LogP contribution in [0.4, 0.5) is 0 Å². The first-order valence-corrected chi connectivity index (χ1v) is 9.40. The van der Waals surface area contributed by atoms with E-state index in [-0.39, 0.29) is 11.3 Å². The molecule has 0 saturated heterocycles. The first-order valence-electron chi connectivity index (χ1n) is 9.40. The molecule has 0 spiro atoms. The fraction of sp³-hybridized carbons (Fsp3) is 0.304. The second-order valence-electron chi connectivity index (χ2n) is 7.75. The van der Waals surface area contributed by atoms with Crippen LogP contribution in [-0.4, -0.2) is 22.0 Å². The highest BCUT2D eigenvalue weighted by Gasteiger charge is 2.14. The van der Waals surface area contributed by atoms with Gasteiger partial charge in [-0.05, 0) is 29.5 Å². The lowest BCUT2D eigenvalue weighted by atomic mass is 9.87. The summed E-state index contributed by atoms with van der Waals surface area (Å²) in [5.41, 5.74) is 3.13. The molecule has 3 rings (SSSR count). The van der Waals surface area contributed by atoms with Gasteiger partial charge in [0.05, 0.1) is 0 Å². The van der Waals surface area contributed by atoms with Gasteiger partial charge in [0, 0.05) is 36.6 Å². The Kier molecular flexibility index (Phi) is 5.75. The maximum absolute atomic E-state index is 12.3. The van der Waals surface area contributed by atoms with Crippen LogP contribution in [0.1, 0.15) is 43.1 Å². The fourth-order valence-corrected chi connectivity index (χ4v) is 3.01. The Hall–Kier alpha value is -2.88. The summed E-state index contributed by atoms with van der Waals surface area (Å²) in [6, 6.07) is 18.0. The van der Waals surface area contributed by atoms with E-state index in [4.69, 9.17) is 0 Å². The van der Waals surface area contributed by atoms with Gasteiger partial charge in [-0.25, -0.2) is 4.98 Å². The summed E-state index contributed by atoms with van der Waals surface area (Å²) in [4.78, 5) is 16.8. The number of nitrogens with one attached hydrogen (secondary N) is 1. The molecular formula is C23H27N3O. The lowest BCUT2D eigenvalue weighted by Crippen LogP contribution is -2.25. The van der Waals surface area contributed by atoms with Gasteiger partial charge in [-0.3, -0.25) is 4.79 Å². The molecule has 3 aromatic rings. The highest BCUT2D eigenvalue weighted by atomic mass is 16.1. The summed E-state index contributed by atoms with van der Waals surface area (Å²) in [6.45, 7) is 7.95. The van der Waals surface area contributed by atoms with Gasteiger partial charge in [0.25, 0.3) is 5.91 Å². The molecule has 0 radical (unpaired) electrons. The molecule has 27 heavy (non-hydrogen) atoms. The predicted octanol–water partition coefficient (Wildman–Crippen LogP) is 4.67. The normalized spacial score (nSPS) is 11.4. The number of carbonyl (C=O) groups excluding carboxylic acids is 1. The first kappa shape index (κ1) is 18.9. The van der Waals surface area contributed by atoms with Crippen molar-refractivity contribution in [3.8, 4) is 11.4 Å². The van der Waals surface area contributed by atoms with Crippen LogP contribution in [0.25, 0.3) is 11.4 Å². The Morgan fingerprint density at radius 3 is 2.41 bits per heavy atom. The van der Waals surface area contributed by atoms with E-state index in [1.165, 1.54) is 5.56 Å². The molecule has 0 bridgehead atoms. The van der Waals surface area contributed by atoms with Crippen molar-refractivity contribution in [2.24, 2.45) is 0 Å². The van der Waals surface area contributed by atoms with Crippen LogP contribution in [0.15, 0.2) is 67.0 Å². The summed E-state index contributed by atoms with van der Waals surface area (Å²) in [5.74, 6) is 0.934. The van der Waals surface area contributed by atoms with Crippen LogP contribution in [0.2, 0.25) is 0 Å². The fourth-order valence-electron chi connectivity index (χ4n) is 3.01. The Labute approximate surface area is 161 Å². The third kappa shape index (κ3) is 4.85. The molecule has 4 nitrogen and oxygen atoms in total. The van der Waals surface area contributed by atoms with Crippen molar-refractivity contribution < 1.29 is 4.79 Å². The van der Waals surface area contributed by atoms with Gasteiger partial charge in [-0.2, -0.15) is 0 Å². The number of carbonyl (C=O) groups is 1. The van der Waals surface area contributed by atoms with Crippen molar-refractivity contribution in [3.63, 3.8) is 0 Å². The number of amides is 1. The van der Waals surface area contributed by atoms with Gasteiger partial charge in [-0.1, -0.05) is 63.2 Å². The number of benzene rings is 2. The summed E-state index contributed by atoms with van der Waals surface area (Å²) in [7, 11) is 0. The number of aryl methyl sites for hydroxylation is 1. The Balaban J connectivity index is 1.51. The zero-order chi connectivity index (χ0) is 19.3. The van der Waals surface area contributed by atoms with E-state index in [1.54, 1.807) is 0 Å². The molecule has 140 valence electrons. The van der Waals surface area contributed by atoms with Gasteiger partial charge in [0.15, 0.2) is 0 Å². The molecule has 1 aromatic heterocycles. The van der Waals surface area contributed by atoms with E-state index in [9.17, 15) is 4.79 Å². The van der Waals surface area contributed by atoms with Crippen molar-refractivity contribution in [1.29, 1.82) is 0 Å². The smallest absolute Gasteiger partial charge is 0.251 e.